The lowest BCUT2D eigenvalue weighted by molar-refractivity contribution is -0.140. The molecule has 0 radical (unpaired) electrons. The minimum Gasteiger partial charge on any atom is -0.367 e. The van der Waals surface area contributed by atoms with Crippen LogP contribution in [0.1, 0.15) is 23.4 Å². The maximum atomic E-state index is 14.2. The molecule has 1 fully saturated rings. The molecule has 9 heteroatoms. The summed E-state index contributed by atoms with van der Waals surface area (Å²) >= 11 is 1.60. The minimum absolute atomic E-state index is 0.119. The summed E-state index contributed by atoms with van der Waals surface area (Å²) in [6.07, 6.45) is 0. The fourth-order valence-corrected chi connectivity index (χ4v) is 5.33. The number of anilines is 1. The van der Waals surface area contributed by atoms with Crippen molar-refractivity contribution < 1.29 is 18.4 Å². The van der Waals surface area contributed by atoms with Gasteiger partial charge in [0.25, 0.3) is 0 Å². The quantitative estimate of drug-likeness (QED) is 0.488. The molecule has 2 heterocycles. The molecule has 1 aliphatic rings. The Morgan fingerprint density at radius 2 is 1.66 bits per heavy atom. The molecule has 184 valence electrons. The van der Waals surface area contributed by atoms with Crippen LogP contribution in [0.4, 0.5) is 14.5 Å². The number of para-hydroxylation sites is 1. The van der Waals surface area contributed by atoms with Crippen LogP contribution < -0.4 is 15.5 Å². The SMILES string of the molecule is C[C@@H](NC(=O)C(=O)NCc1ccc(F)cc1)[C@H](c1cccs1)N1CCN(c2ccccc2F)CC1. The van der Waals surface area contributed by atoms with E-state index in [0.29, 0.717) is 37.4 Å². The van der Waals surface area contributed by atoms with Gasteiger partial charge in [-0.3, -0.25) is 14.5 Å². The standard InChI is InChI=1S/C26H28F2N4O2S/c1-18(30-26(34)25(33)29-17-19-8-10-20(27)11-9-19)24(23-7-4-16-35-23)32-14-12-31(13-15-32)22-6-3-2-5-21(22)28/h2-11,16,18,24H,12-15,17H2,1H3,(H,29,33)(H,30,34)/t18-,24-/m1/s1. The third-order valence-corrected chi connectivity index (χ3v) is 7.08. The summed E-state index contributed by atoms with van der Waals surface area (Å²) in [6.45, 7) is 4.71. The normalized spacial score (nSPS) is 15.9. The minimum atomic E-state index is -0.740. The molecule has 6 nitrogen and oxygen atoms in total. The molecule has 2 N–H and O–H groups in total. The van der Waals surface area contributed by atoms with Crippen molar-refractivity contribution in [2.45, 2.75) is 25.6 Å². The van der Waals surface area contributed by atoms with Crippen LogP contribution in [-0.2, 0) is 16.1 Å². The highest BCUT2D eigenvalue weighted by Crippen LogP contribution is 2.30. The summed E-state index contributed by atoms with van der Waals surface area (Å²) in [5.41, 5.74) is 1.30. The van der Waals surface area contributed by atoms with Crippen molar-refractivity contribution in [1.82, 2.24) is 15.5 Å². The van der Waals surface area contributed by atoms with E-state index < -0.39 is 11.8 Å². The van der Waals surface area contributed by atoms with Crippen molar-refractivity contribution in [3.63, 3.8) is 0 Å². The number of carbonyl (C=O) groups excluding carboxylic acids is 2. The molecule has 3 aromatic rings. The number of hydrogen-bond acceptors (Lipinski definition) is 5. The monoisotopic (exact) mass is 498 g/mol. The van der Waals surface area contributed by atoms with Crippen molar-refractivity contribution in [3.05, 3.63) is 88.1 Å². The Morgan fingerprint density at radius 3 is 2.31 bits per heavy atom. The zero-order valence-electron chi connectivity index (χ0n) is 19.4. The molecule has 1 aliphatic heterocycles. The average Bonchev–Trinajstić information content (AvgIpc) is 3.39. The van der Waals surface area contributed by atoms with Gasteiger partial charge in [0.05, 0.1) is 11.7 Å². The molecular weight excluding hydrogens is 470 g/mol. The van der Waals surface area contributed by atoms with Gasteiger partial charge in [-0.15, -0.1) is 11.3 Å². The molecule has 0 bridgehead atoms. The lowest BCUT2D eigenvalue weighted by atomic mass is 10.0. The van der Waals surface area contributed by atoms with Gasteiger partial charge in [0.1, 0.15) is 11.6 Å². The van der Waals surface area contributed by atoms with Crippen LogP contribution in [0.25, 0.3) is 0 Å². The number of piperazine rings is 1. The number of halogens is 2. The number of carbonyl (C=O) groups is 2. The van der Waals surface area contributed by atoms with Crippen LogP contribution in [0.2, 0.25) is 0 Å². The molecule has 1 aromatic heterocycles. The largest absolute Gasteiger partial charge is 0.367 e. The number of hydrogen-bond donors (Lipinski definition) is 2. The van der Waals surface area contributed by atoms with Gasteiger partial charge < -0.3 is 15.5 Å². The molecule has 35 heavy (non-hydrogen) atoms. The zero-order chi connectivity index (χ0) is 24.8. The van der Waals surface area contributed by atoms with E-state index in [4.69, 9.17) is 0 Å². The van der Waals surface area contributed by atoms with E-state index in [-0.39, 0.29) is 30.3 Å². The van der Waals surface area contributed by atoms with Gasteiger partial charge in [-0.05, 0) is 48.2 Å². The molecule has 1 saturated heterocycles. The summed E-state index contributed by atoms with van der Waals surface area (Å²) in [4.78, 5) is 30.4. The van der Waals surface area contributed by atoms with Crippen LogP contribution in [-0.4, -0.2) is 48.9 Å². The summed E-state index contributed by atoms with van der Waals surface area (Å²) < 4.78 is 27.3. The summed E-state index contributed by atoms with van der Waals surface area (Å²) in [5, 5.41) is 7.41. The molecular formula is C26H28F2N4O2S. The molecule has 0 saturated carbocycles. The van der Waals surface area contributed by atoms with Gasteiger partial charge >= 0.3 is 11.8 Å². The number of nitrogens with zero attached hydrogens (tertiary/aromatic N) is 2. The number of nitrogens with one attached hydrogen (secondary N) is 2. The summed E-state index contributed by atoms with van der Waals surface area (Å²) in [5.74, 6) is -2.05. The Bertz CT molecular complexity index is 1130. The highest BCUT2D eigenvalue weighted by atomic mass is 32.1. The van der Waals surface area contributed by atoms with Crippen LogP contribution in [0.3, 0.4) is 0 Å². The Morgan fingerprint density at radius 1 is 0.943 bits per heavy atom. The fraction of sp³-hybridized carbons (Fsp3) is 0.308. The highest BCUT2D eigenvalue weighted by molar-refractivity contribution is 7.10. The maximum Gasteiger partial charge on any atom is 0.309 e. The number of amides is 2. The van der Waals surface area contributed by atoms with E-state index >= 15 is 0 Å². The maximum absolute atomic E-state index is 14.2. The average molecular weight is 499 g/mol. The van der Waals surface area contributed by atoms with Gasteiger partial charge in [0, 0.05) is 43.6 Å². The van der Waals surface area contributed by atoms with Crippen LogP contribution in [0.5, 0.6) is 0 Å². The fourth-order valence-electron chi connectivity index (χ4n) is 4.37. The zero-order valence-corrected chi connectivity index (χ0v) is 20.2. The first-order valence-electron chi connectivity index (χ1n) is 11.5. The summed E-state index contributed by atoms with van der Waals surface area (Å²) in [7, 11) is 0. The molecule has 2 amide bonds. The van der Waals surface area contributed by atoms with Crippen LogP contribution in [0.15, 0.2) is 66.0 Å². The van der Waals surface area contributed by atoms with E-state index in [1.165, 1.54) is 18.2 Å². The van der Waals surface area contributed by atoms with Crippen molar-refractivity contribution >= 4 is 28.8 Å². The van der Waals surface area contributed by atoms with Crippen molar-refractivity contribution in [2.24, 2.45) is 0 Å². The van der Waals surface area contributed by atoms with E-state index in [1.54, 1.807) is 35.6 Å². The lowest BCUT2D eigenvalue weighted by Crippen LogP contribution is -2.53. The summed E-state index contributed by atoms with van der Waals surface area (Å²) in [6, 6.07) is 16.0. The van der Waals surface area contributed by atoms with E-state index in [9.17, 15) is 18.4 Å². The van der Waals surface area contributed by atoms with Crippen molar-refractivity contribution in [1.29, 1.82) is 0 Å². The van der Waals surface area contributed by atoms with E-state index in [1.807, 2.05) is 35.4 Å². The number of thiophene rings is 1. The predicted molar refractivity (Wildman–Crippen MR) is 133 cm³/mol. The van der Waals surface area contributed by atoms with Gasteiger partial charge in [-0.25, -0.2) is 8.78 Å². The molecule has 0 unspecified atom stereocenters. The van der Waals surface area contributed by atoms with Crippen LogP contribution >= 0.6 is 11.3 Å². The molecule has 2 aromatic carbocycles. The first kappa shape index (κ1) is 24.8. The van der Waals surface area contributed by atoms with Crippen molar-refractivity contribution in [3.8, 4) is 0 Å². The second kappa shape index (κ2) is 11.4. The third kappa shape index (κ3) is 6.23. The topological polar surface area (TPSA) is 64.7 Å². The Kier molecular flexibility index (Phi) is 8.09. The number of benzene rings is 2. The number of rotatable bonds is 7. The highest BCUT2D eigenvalue weighted by Gasteiger charge is 2.32. The smallest absolute Gasteiger partial charge is 0.309 e. The predicted octanol–water partition coefficient (Wildman–Crippen LogP) is 3.71. The van der Waals surface area contributed by atoms with Crippen molar-refractivity contribution in [2.75, 3.05) is 31.1 Å². The Labute approximate surface area is 207 Å². The second-order valence-electron chi connectivity index (χ2n) is 8.51. The first-order chi connectivity index (χ1) is 16.9. The van der Waals surface area contributed by atoms with Crippen LogP contribution in [0, 0.1) is 11.6 Å². The molecule has 0 spiro atoms. The van der Waals surface area contributed by atoms with Gasteiger partial charge in [-0.1, -0.05) is 30.3 Å². The molecule has 4 rings (SSSR count). The lowest BCUT2D eigenvalue weighted by Gasteiger charge is -2.42. The van der Waals surface area contributed by atoms with Gasteiger partial charge in [-0.2, -0.15) is 0 Å². The Hall–Kier alpha value is -3.30. The first-order valence-corrected chi connectivity index (χ1v) is 12.4. The Balaban J connectivity index is 1.37. The third-order valence-electron chi connectivity index (χ3n) is 6.14. The van der Waals surface area contributed by atoms with Gasteiger partial charge in [0.15, 0.2) is 0 Å². The molecule has 0 aliphatic carbocycles. The van der Waals surface area contributed by atoms with E-state index in [0.717, 1.165) is 4.88 Å². The molecule has 2 atom stereocenters. The van der Waals surface area contributed by atoms with Gasteiger partial charge in [0.2, 0.25) is 0 Å². The van der Waals surface area contributed by atoms with E-state index in [2.05, 4.69) is 15.5 Å². The second-order valence-corrected chi connectivity index (χ2v) is 9.49.